The molecule has 2 amide bonds. The number of sulfonamides is 1. The van der Waals surface area contributed by atoms with Crippen LogP contribution in [0.3, 0.4) is 0 Å². The van der Waals surface area contributed by atoms with Crippen LogP contribution in [0, 0.1) is 19.8 Å². The normalized spacial score (nSPS) is 12.0. The molecule has 0 saturated heterocycles. The Hall–Kier alpha value is -4.14. The highest BCUT2D eigenvalue weighted by molar-refractivity contribution is 7.92. The van der Waals surface area contributed by atoms with Crippen LogP contribution in [0.25, 0.3) is 0 Å². The van der Waals surface area contributed by atoms with Crippen LogP contribution in [0.1, 0.15) is 36.1 Å². The first-order chi connectivity index (χ1) is 21.4. The summed E-state index contributed by atoms with van der Waals surface area (Å²) in [6, 6.07) is 29.2. The molecule has 0 fully saturated rings. The van der Waals surface area contributed by atoms with Crippen molar-refractivity contribution >= 4 is 39.1 Å². The van der Waals surface area contributed by atoms with Crippen molar-refractivity contribution in [1.29, 1.82) is 0 Å². The molecule has 7 nitrogen and oxygen atoms in total. The van der Waals surface area contributed by atoms with Crippen LogP contribution in [-0.2, 0) is 32.6 Å². The summed E-state index contributed by atoms with van der Waals surface area (Å²) in [7, 11) is -4.19. The number of benzene rings is 4. The summed E-state index contributed by atoms with van der Waals surface area (Å²) in [5.41, 5.74) is 3.95. The Morgan fingerprint density at radius 3 is 2.09 bits per heavy atom. The highest BCUT2D eigenvalue weighted by Crippen LogP contribution is 2.27. The average molecular weight is 646 g/mol. The van der Waals surface area contributed by atoms with E-state index in [1.165, 1.54) is 29.2 Å². The predicted molar refractivity (Wildman–Crippen MR) is 181 cm³/mol. The topological polar surface area (TPSA) is 86.8 Å². The molecule has 1 N–H and O–H groups in total. The number of carbonyl (C=O) groups is 2. The first-order valence-electron chi connectivity index (χ1n) is 15.0. The fourth-order valence-corrected chi connectivity index (χ4v) is 6.44. The van der Waals surface area contributed by atoms with E-state index in [1.807, 2.05) is 88.4 Å². The van der Waals surface area contributed by atoms with Crippen molar-refractivity contribution in [3.05, 3.63) is 130 Å². The van der Waals surface area contributed by atoms with Gasteiger partial charge in [0.05, 0.1) is 10.6 Å². The molecule has 0 unspecified atom stereocenters. The smallest absolute Gasteiger partial charge is 0.264 e. The van der Waals surface area contributed by atoms with E-state index in [4.69, 9.17) is 11.6 Å². The molecule has 0 spiro atoms. The van der Waals surface area contributed by atoms with Crippen LogP contribution in [0.15, 0.2) is 108 Å². The molecule has 0 radical (unpaired) electrons. The monoisotopic (exact) mass is 645 g/mol. The number of nitrogens with one attached hydrogen (secondary N) is 1. The molecule has 0 heterocycles. The van der Waals surface area contributed by atoms with Gasteiger partial charge < -0.3 is 10.2 Å². The molecule has 0 aliphatic carbocycles. The van der Waals surface area contributed by atoms with E-state index in [0.717, 1.165) is 26.6 Å². The van der Waals surface area contributed by atoms with Gasteiger partial charge in [-0.3, -0.25) is 13.9 Å². The van der Waals surface area contributed by atoms with Gasteiger partial charge in [0.2, 0.25) is 11.8 Å². The van der Waals surface area contributed by atoms with Crippen molar-refractivity contribution in [3.63, 3.8) is 0 Å². The standard InChI is InChI=1S/C36H40ClN3O4S/c1-26(2)23-38-36(42)34(22-29-10-6-5-7-11-29)39(24-30-15-13-27(3)14-16-30)35(41)25-40(32-12-8-9-28(4)21-32)45(43,44)33-19-17-31(37)18-20-33/h5-21,26,34H,22-25H2,1-4H3,(H,38,42)/t34-/m0/s1. The maximum absolute atomic E-state index is 14.5. The third-order valence-electron chi connectivity index (χ3n) is 7.40. The summed E-state index contributed by atoms with van der Waals surface area (Å²) in [5.74, 6) is -0.597. The van der Waals surface area contributed by atoms with Gasteiger partial charge >= 0.3 is 0 Å². The molecule has 0 aliphatic heterocycles. The van der Waals surface area contributed by atoms with Crippen molar-refractivity contribution < 1.29 is 18.0 Å². The van der Waals surface area contributed by atoms with Crippen LogP contribution in [0.2, 0.25) is 5.02 Å². The van der Waals surface area contributed by atoms with Crippen LogP contribution < -0.4 is 9.62 Å². The van der Waals surface area contributed by atoms with Gasteiger partial charge in [0, 0.05) is 24.5 Å². The van der Waals surface area contributed by atoms with Gasteiger partial charge in [-0.15, -0.1) is 0 Å². The third-order valence-corrected chi connectivity index (χ3v) is 9.44. The zero-order valence-corrected chi connectivity index (χ0v) is 27.7. The van der Waals surface area contributed by atoms with Gasteiger partial charge in [0.15, 0.2) is 0 Å². The summed E-state index contributed by atoms with van der Waals surface area (Å²) in [6.07, 6.45) is 0.261. The first-order valence-corrected chi connectivity index (χ1v) is 16.8. The second-order valence-corrected chi connectivity index (χ2v) is 14.0. The number of nitrogens with zero attached hydrogens (tertiary/aromatic N) is 2. The van der Waals surface area contributed by atoms with Gasteiger partial charge in [-0.1, -0.05) is 97.7 Å². The molecule has 0 aromatic heterocycles. The quantitative estimate of drug-likeness (QED) is 0.178. The molecule has 0 saturated carbocycles. The van der Waals surface area contributed by atoms with Gasteiger partial charge in [-0.05, 0) is 72.9 Å². The summed E-state index contributed by atoms with van der Waals surface area (Å²) >= 11 is 6.06. The maximum Gasteiger partial charge on any atom is 0.264 e. The van der Waals surface area contributed by atoms with Crippen LogP contribution in [-0.4, -0.2) is 44.3 Å². The lowest BCUT2D eigenvalue weighted by atomic mass is 10.0. The Labute approximate surface area is 271 Å². The van der Waals surface area contributed by atoms with Crippen molar-refractivity contribution in [2.45, 2.75) is 51.6 Å². The van der Waals surface area contributed by atoms with Crippen LogP contribution in [0.4, 0.5) is 5.69 Å². The van der Waals surface area contributed by atoms with Crippen molar-refractivity contribution in [3.8, 4) is 0 Å². The average Bonchev–Trinajstić information content (AvgIpc) is 3.01. The second kappa shape index (κ2) is 15.2. The largest absolute Gasteiger partial charge is 0.354 e. The molecule has 1 atom stereocenters. The Bertz CT molecular complexity index is 1690. The number of amides is 2. The number of halogens is 1. The van der Waals surface area contributed by atoms with Crippen molar-refractivity contribution in [2.24, 2.45) is 5.92 Å². The Morgan fingerprint density at radius 1 is 0.800 bits per heavy atom. The lowest BCUT2D eigenvalue weighted by Crippen LogP contribution is -2.53. The van der Waals surface area contributed by atoms with Crippen molar-refractivity contribution in [1.82, 2.24) is 10.2 Å². The van der Waals surface area contributed by atoms with E-state index in [0.29, 0.717) is 17.3 Å². The van der Waals surface area contributed by atoms with Crippen molar-refractivity contribution in [2.75, 3.05) is 17.4 Å². The number of aryl methyl sites for hydroxylation is 2. The van der Waals surface area contributed by atoms with Gasteiger partial charge in [-0.25, -0.2) is 8.42 Å². The fraction of sp³-hybridized carbons (Fsp3) is 0.278. The van der Waals surface area contributed by atoms with Crippen LogP contribution in [0.5, 0.6) is 0 Å². The highest BCUT2D eigenvalue weighted by atomic mass is 35.5. The van der Waals surface area contributed by atoms with Gasteiger partial charge in [0.25, 0.3) is 10.0 Å². The minimum absolute atomic E-state index is 0.00167. The van der Waals surface area contributed by atoms with Gasteiger partial charge in [0.1, 0.15) is 12.6 Å². The summed E-state index contributed by atoms with van der Waals surface area (Å²) in [6.45, 7) is 7.89. The maximum atomic E-state index is 14.5. The van der Waals surface area contributed by atoms with Crippen LogP contribution >= 0.6 is 11.6 Å². The summed E-state index contributed by atoms with van der Waals surface area (Å²) < 4.78 is 29.3. The molecular weight excluding hydrogens is 606 g/mol. The second-order valence-electron chi connectivity index (χ2n) is 11.7. The van der Waals surface area contributed by atoms with E-state index in [-0.39, 0.29) is 29.7 Å². The first kappa shape index (κ1) is 33.7. The molecular formula is C36H40ClN3O4S. The Morgan fingerprint density at radius 2 is 1.47 bits per heavy atom. The van der Waals surface area contributed by atoms with E-state index in [1.54, 1.807) is 18.2 Å². The Kier molecular flexibility index (Phi) is 11.4. The molecule has 4 rings (SSSR count). The summed E-state index contributed by atoms with van der Waals surface area (Å²) in [4.78, 5) is 29.9. The van der Waals surface area contributed by atoms with E-state index in [9.17, 15) is 18.0 Å². The lowest BCUT2D eigenvalue weighted by Gasteiger charge is -2.34. The third kappa shape index (κ3) is 9.19. The lowest BCUT2D eigenvalue weighted by molar-refractivity contribution is -0.140. The molecule has 4 aromatic rings. The van der Waals surface area contributed by atoms with E-state index >= 15 is 0 Å². The molecule has 236 valence electrons. The van der Waals surface area contributed by atoms with E-state index in [2.05, 4.69) is 5.32 Å². The highest BCUT2D eigenvalue weighted by Gasteiger charge is 2.34. The zero-order chi connectivity index (χ0) is 32.6. The Balaban J connectivity index is 1.79. The SMILES string of the molecule is Cc1ccc(CN(C(=O)CN(c2cccc(C)c2)S(=O)(=O)c2ccc(Cl)cc2)[C@@H](Cc2ccccc2)C(=O)NCC(C)C)cc1. The molecule has 4 aromatic carbocycles. The minimum Gasteiger partial charge on any atom is -0.354 e. The zero-order valence-electron chi connectivity index (χ0n) is 26.1. The fourth-order valence-electron chi connectivity index (χ4n) is 4.91. The number of anilines is 1. The predicted octanol–water partition coefficient (Wildman–Crippen LogP) is 6.56. The summed E-state index contributed by atoms with van der Waals surface area (Å²) in [5, 5.41) is 3.41. The van der Waals surface area contributed by atoms with Gasteiger partial charge in [-0.2, -0.15) is 0 Å². The molecule has 9 heteroatoms. The number of hydrogen-bond donors (Lipinski definition) is 1. The van der Waals surface area contributed by atoms with E-state index < -0.39 is 28.5 Å². The minimum atomic E-state index is -4.19. The molecule has 0 bridgehead atoms. The number of carbonyl (C=O) groups excluding carboxylic acids is 2. The number of hydrogen-bond acceptors (Lipinski definition) is 4. The molecule has 0 aliphatic rings. The number of rotatable bonds is 13. The molecule has 45 heavy (non-hydrogen) atoms.